The average molecular weight is 294 g/mol. The molecular weight excluding hydrogens is 267 g/mol. The second-order valence-corrected chi connectivity index (χ2v) is 11.0. The fourth-order valence-electron chi connectivity index (χ4n) is 2.62. The molecule has 3 heteroatoms. The molecule has 0 saturated carbocycles. The maximum absolute atomic E-state index is 15.4. The number of benzene rings is 1. The van der Waals surface area contributed by atoms with E-state index in [1.54, 1.807) is 0 Å². The standard InChI is InChI=1S/C17H27FOSi/c1-12(2)17(19)11-15-7-9-16(10-8-15)20(18,13(3)4)14(5)6/h7-10,12-14H,11H2,1-6H3. The topological polar surface area (TPSA) is 17.1 Å². The third kappa shape index (κ3) is 3.57. The van der Waals surface area contributed by atoms with Crippen LogP contribution < -0.4 is 5.19 Å². The lowest BCUT2D eigenvalue weighted by molar-refractivity contribution is -0.121. The molecule has 0 heterocycles. The molecule has 0 fully saturated rings. The summed E-state index contributed by atoms with van der Waals surface area (Å²) in [4.78, 5) is 11.7. The molecule has 0 atom stereocenters. The molecule has 0 bridgehead atoms. The van der Waals surface area contributed by atoms with Gasteiger partial charge >= 0.3 is 0 Å². The van der Waals surface area contributed by atoms with Gasteiger partial charge in [-0.3, -0.25) is 4.79 Å². The van der Waals surface area contributed by atoms with Crippen LogP contribution in [-0.2, 0) is 11.2 Å². The van der Waals surface area contributed by atoms with Crippen LogP contribution in [0.25, 0.3) is 0 Å². The molecule has 0 N–H and O–H groups in total. The van der Waals surface area contributed by atoms with Gasteiger partial charge in [0.25, 0.3) is 8.41 Å². The minimum absolute atomic E-state index is 0.0515. The predicted octanol–water partition coefficient (Wildman–Crippen LogP) is 4.40. The second kappa shape index (κ2) is 6.66. The number of ketones is 1. The summed E-state index contributed by atoms with van der Waals surface area (Å²) in [5.41, 5.74) is 1.10. The smallest absolute Gasteiger partial charge is 0.282 e. The molecule has 0 spiro atoms. The van der Waals surface area contributed by atoms with Crippen LogP contribution in [0.15, 0.2) is 24.3 Å². The zero-order valence-corrected chi connectivity index (χ0v) is 14.5. The van der Waals surface area contributed by atoms with Gasteiger partial charge in [0.05, 0.1) is 0 Å². The van der Waals surface area contributed by atoms with Crippen molar-refractivity contribution in [1.29, 1.82) is 0 Å². The molecule has 1 rings (SSSR count). The van der Waals surface area contributed by atoms with Gasteiger partial charge in [-0.25, -0.2) is 0 Å². The molecule has 1 aromatic rings. The fraction of sp³-hybridized carbons (Fsp3) is 0.588. The largest absolute Gasteiger partial charge is 0.307 e. The highest BCUT2D eigenvalue weighted by Gasteiger charge is 2.43. The first-order valence-electron chi connectivity index (χ1n) is 7.50. The maximum Gasteiger partial charge on any atom is 0.282 e. The van der Waals surface area contributed by atoms with E-state index in [0.717, 1.165) is 10.8 Å². The van der Waals surface area contributed by atoms with E-state index in [-0.39, 0.29) is 22.8 Å². The Morgan fingerprint density at radius 3 is 1.80 bits per heavy atom. The minimum atomic E-state index is -2.95. The van der Waals surface area contributed by atoms with Crippen molar-refractivity contribution in [3.8, 4) is 0 Å². The normalized spacial score (nSPS) is 12.5. The zero-order valence-electron chi connectivity index (χ0n) is 13.5. The quantitative estimate of drug-likeness (QED) is 0.561. The number of hydrogen-bond donors (Lipinski definition) is 0. The first kappa shape index (κ1) is 17.1. The van der Waals surface area contributed by atoms with Crippen molar-refractivity contribution in [3.63, 3.8) is 0 Å². The van der Waals surface area contributed by atoms with Crippen molar-refractivity contribution in [1.82, 2.24) is 0 Å². The number of carbonyl (C=O) groups excluding carboxylic acids is 1. The van der Waals surface area contributed by atoms with Gasteiger partial charge in [0.2, 0.25) is 0 Å². The van der Waals surface area contributed by atoms with Gasteiger partial charge in [0, 0.05) is 12.3 Å². The van der Waals surface area contributed by atoms with Crippen LogP contribution in [-0.4, -0.2) is 14.2 Å². The molecule has 1 nitrogen and oxygen atoms in total. The Hall–Kier alpha value is -0.963. The van der Waals surface area contributed by atoms with Crippen LogP contribution in [0.5, 0.6) is 0 Å². The van der Waals surface area contributed by atoms with Gasteiger partial charge in [-0.15, -0.1) is 0 Å². The maximum atomic E-state index is 15.4. The van der Waals surface area contributed by atoms with E-state index in [0.29, 0.717) is 6.42 Å². The first-order chi connectivity index (χ1) is 9.19. The van der Waals surface area contributed by atoms with Crippen LogP contribution in [0.2, 0.25) is 11.1 Å². The molecule has 20 heavy (non-hydrogen) atoms. The summed E-state index contributed by atoms with van der Waals surface area (Å²) < 4.78 is 15.4. The van der Waals surface area contributed by atoms with Crippen LogP contribution in [0.3, 0.4) is 0 Å². The van der Waals surface area contributed by atoms with Gasteiger partial charge < -0.3 is 4.11 Å². The summed E-state index contributed by atoms with van der Waals surface area (Å²) in [6, 6.07) is 7.63. The molecular formula is C17H27FOSi. The molecule has 112 valence electrons. The Balaban J connectivity index is 2.98. The van der Waals surface area contributed by atoms with E-state index in [2.05, 4.69) is 0 Å². The third-order valence-corrected chi connectivity index (χ3v) is 8.68. The lowest BCUT2D eigenvalue weighted by Gasteiger charge is -2.30. The van der Waals surface area contributed by atoms with Gasteiger partial charge in [0.1, 0.15) is 5.78 Å². The van der Waals surface area contributed by atoms with Crippen molar-refractivity contribution in [3.05, 3.63) is 29.8 Å². The molecule has 0 saturated heterocycles. The first-order valence-corrected chi connectivity index (χ1v) is 9.53. The average Bonchev–Trinajstić information content (AvgIpc) is 2.37. The van der Waals surface area contributed by atoms with Gasteiger partial charge in [-0.05, 0) is 21.8 Å². The van der Waals surface area contributed by atoms with Crippen LogP contribution in [0.4, 0.5) is 4.11 Å². The zero-order chi connectivity index (χ0) is 15.5. The van der Waals surface area contributed by atoms with E-state index in [4.69, 9.17) is 0 Å². The molecule has 0 radical (unpaired) electrons. The second-order valence-electron chi connectivity index (χ2n) is 6.57. The molecule has 0 aliphatic heterocycles. The molecule has 0 unspecified atom stereocenters. The Morgan fingerprint density at radius 2 is 1.45 bits per heavy atom. The Morgan fingerprint density at radius 1 is 1.00 bits per heavy atom. The van der Waals surface area contributed by atoms with Crippen molar-refractivity contribution in [2.45, 2.75) is 59.0 Å². The number of rotatable bonds is 6. The van der Waals surface area contributed by atoms with E-state index in [9.17, 15) is 4.79 Å². The highest BCUT2D eigenvalue weighted by Crippen LogP contribution is 2.33. The molecule has 0 amide bonds. The van der Waals surface area contributed by atoms with Crippen molar-refractivity contribution >= 4 is 19.4 Å². The fourth-order valence-corrected chi connectivity index (χ4v) is 5.96. The summed E-state index contributed by atoms with van der Waals surface area (Å²) in [5, 5.41) is 0.850. The van der Waals surface area contributed by atoms with Gasteiger partial charge in [-0.1, -0.05) is 65.8 Å². The Bertz CT molecular complexity index is 441. The molecule has 1 aromatic carbocycles. The summed E-state index contributed by atoms with van der Waals surface area (Å²) in [5.74, 6) is 0.282. The van der Waals surface area contributed by atoms with Crippen LogP contribution in [0.1, 0.15) is 47.1 Å². The van der Waals surface area contributed by atoms with E-state index < -0.39 is 8.41 Å². The lowest BCUT2D eigenvalue weighted by atomic mass is 10.0. The SMILES string of the molecule is CC(C)C(=O)Cc1ccc([Si](F)(C(C)C)C(C)C)cc1. The minimum Gasteiger partial charge on any atom is -0.307 e. The summed E-state index contributed by atoms with van der Waals surface area (Å²) in [6.45, 7) is 11.7. The predicted molar refractivity (Wildman–Crippen MR) is 86.7 cm³/mol. The van der Waals surface area contributed by atoms with Crippen LogP contribution >= 0.6 is 0 Å². The van der Waals surface area contributed by atoms with E-state index in [1.165, 1.54) is 0 Å². The van der Waals surface area contributed by atoms with Crippen molar-refractivity contribution in [2.24, 2.45) is 5.92 Å². The molecule has 0 aliphatic carbocycles. The molecule has 0 aliphatic rings. The highest BCUT2D eigenvalue weighted by molar-refractivity contribution is 6.88. The number of halogens is 1. The summed E-state index contributed by atoms with van der Waals surface area (Å²) in [7, 11) is -2.95. The van der Waals surface area contributed by atoms with E-state index in [1.807, 2.05) is 65.8 Å². The lowest BCUT2D eigenvalue weighted by Crippen LogP contribution is -2.49. The summed E-state index contributed by atoms with van der Waals surface area (Å²) >= 11 is 0. The summed E-state index contributed by atoms with van der Waals surface area (Å²) in [6.07, 6.45) is 0.447. The Labute approximate surface area is 123 Å². The number of carbonyl (C=O) groups is 1. The van der Waals surface area contributed by atoms with E-state index >= 15 is 4.11 Å². The number of hydrogen-bond acceptors (Lipinski definition) is 1. The van der Waals surface area contributed by atoms with Crippen molar-refractivity contribution < 1.29 is 8.90 Å². The highest BCUT2D eigenvalue weighted by atomic mass is 28.4. The van der Waals surface area contributed by atoms with Crippen molar-refractivity contribution in [2.75, 3.05) is 0 Å². The van der Waals surface area contributed by atoms with Crippen LogP contribution in [0, 0.1) is 5.92 Å². The molecule has 0 aromatic heterocycles. The number of Topliss-reactive ketones (excluding diaryl/α,β-unsaturated/α-hetero) is 1. The van der Waals surface area contributed by atoms with Gasteiger partial charge in [-0.2, -0.15) is 0 Å². The third-order valence-electron chi connectivity index (χ3n) is 4.10. The van der Waals surface area contributed by atoms with Gasteiger partial charge in [0.15, 0.2) is 0 Å². The monoisotopic (exact) mass is 294 g/mol. The Kier molecular flexibility index (Phi) is 5.69.